The third-order valence-corrected chi connectivity index (χ3v) is 8.98. The van der Waals surface area contributed by atoms with Gasteiger partial charge in [0.2, 0.25) is 0 Å². The van der Waals surface area contributed by atoms with Crippen molar-refractivity contribution in [3.8, 4) is 0 Å². The summed E-state index contributed by atoms with van der Waals surface area (Å²) in [5.41, 5.74) is 0. The smallest absolute Gasteiger partial charge is 0.362 e. The average molecular weight is 795 g/mol. The summed E-state index contributed by atoms with van der Waals surface area (Å²) in [5.74, 6) is -1.57. The van der Waals surface area contributed by atoms with Gasteiger partial charge >= 0.3 is 17.9 Å². The fourth-order valence-electron chi connectivity index (χ4n) is 5.67. The Hall–Kier alpha value is -3.75. The van der Waals surface area contributed by atoms with Crippen molar-refractivity contribution in [1.82, 2.24) is 0 Å². The van der Waals surface area contributed by atoms with Crippen LogP contribution in [0.2, 0.25) is 0 Å². The van der Waals surface area contributed by atoms with E-state index in [0.29, 0.717) is 19.3 Å². The van der Waals surface area contributed by atoms with Crippen molar-refractivity contribution in [3.05, 3.63) is 97.2 Å². The van der Waals surface area contributed by atoms with E-state index in [9.17, 15) is 19.5 Å². The zero-order valence-corrected chi connectivity index (χ0v) is 36.5. The van der Waals surface area contributed by atoms with Crippen LogP contribution in [-0.4, -0.2) is 80.6 Å². The van der Waals surface area contributed by atoms with Crippen molar-refractivity contribution in [2.24, 2.45) is 0 Å². The molecule has 0 aliphatic rings. The van der Waals surface area contributed by atoms with E-state index in [2.05, 4.69) is 111 Å². The van der Waals surface area contributed by atoms with Crippen LogP contribution in [0.5, 0.6) is 0 Å². The van der Waals surface area contributed by atoms with Gasteiger partial charge in [0.1, 0.15) is 6.61 Å². The lowest BCUT2D eigenvalue weighted by molar-refractivity contribution is -0.887. The molecule has 0 spiro atoms. The standard InChI is InChI=1S/C49H79NO7/c1-6-8-10-12-14-16-18-20-22-24-26-27-29-31-33-35-37-39-47(51)56-44-45(43-55-42-41-46(49(53)54)50(3,4)5)57-48(52)40-38-36-34-32-30-28-25-23-21-19-17-15-13-11-9-7-2/h8-11,14-17,20-23,26-27,31,33,45-46H,6-7,12-13,18-19,24-25,28-30,32,34-44H2,1-5H3/p+1/b10-8+,11-9+,16-14+,17-15+,22-20+,23-21+,27-26+,33-31+. The summed E-state index contributed by atoms with van der Waals surface area (Å²) in [5, 5.41) is 9.62. The lowest BCUT2D eigenvalue weighted by Gasteiger charge is -2.31. The molecule has 0 bridgehead atoms. The molecular weight excluding hydrogens is 715 g/mol. The summed E-state index contributed by atoms with van der Waals surface area (Å²) in [6.07, 6.45) is 51.7. The van der Waals surface area contributed by atoms with Gasteiger partial charge in [0.05, 0.1) is 34.4 Å². The highest BCUT2D eigenvalue weighted by molar-refractivity contribution is 5.72. The van der Waals surface area contributed by atoms with Gasteiger partial charge in [-0.3, -0.25) is 9.59 Å². The van der Waals surface area contributed by atoms with Gasteiger partial charge in [-0.1, -0.05) is 137 Å². The first-order valence-electron chi connectivity index (χ1n) is 21.8. The Morgan fingerprint density at radius 1 is 0.526 bits per heavy atom. The number of rotatable bonds is 37. The molecule has 0 aliphatic carbocycles. The number of quaternary nitrogens is 1. The maximum atomic E-state index is 12.7. The molecule has 2 unspecified atom stereocenters. The fraction of sp³-hybridized carbons (Fsp3) is 0.612. The third-order valence-electron chi connectivity index (χ3n) is 8.98. The summed E-state index contributed by atoms with van der Waals surface area (Å²) < 4.78 is 17.2. The molecule has 0 aliphatic heterocycles. The molecule has 8 heteroatoms. The van der Waals surface area contributed by atoms with Crippen LogP contribution in [0.3, 0.4) is 0 Å². The molecule has 8 nitrogen and oxygen atoms in total. The average Bonchev–Trinajstić information content (AvgIpc) is 3.17. The molecule has 1 N–H and O–H groups in total. The maximum absolute atomic E-state index is 12.7. The number of carbonyl (C=O) groups is 3. The molecule has 0 rings (SSSR count). The Labute approximate surface area is 347 Å². The minimum absolute atomic E-state index is 0.0313. The molecule has 0 aromatic rings. The first-order chi connectivity index (χ1) is 27.6. The molecule has 0 amide bonds. The van der Waals surface area contributed by atoms with Crippen LogP contribution < -0.4 is 0 Å². The molecule has 0 saturated carbocycles. The zero-order chi connectivity index (χ0) is 42.1. The number of nitrogens with zero attached hydrogens (tertiary/aromatic N) is 1. The van der Waals surface area contributed by atoms with E-state index in [0.717, 1.165) is 89.9 Å². The molecule has 0 fully saturated rings. The SMILES string of the molecule is CC/C=C/C/C=C/C/C=C/C/C=C/C/C=C/CCCC(=O)OCC(COCCC(C(=O)O)[N+](C)(C)C)OC(=O)CCCCCCCC/C=C/C/C=C/C/C=C/CC. The summed E-state index contributed by atoms with van der Waals surface area (Å²) in [7, 11) is 5.49. The van der Waals surface area contributed by atoms with E-state index in [1.54, 1.807) is 0 Å². The number of carboxylic acids is 1. The number of likely N-dealkylation sites (N-methyl/N-ethyl adjacent to an activating group) is 1. The summed E-state index contributed by atoms with van der Waals surface area (Å²) in [6.45, 7) is 4.41. The van der Waals surface area contributed by atoms with Gasteiger partial charge in [0.15, 0.2) is 12.1 Å². The van der Waals surface area contributed by atoms with E-state index in [-0.39, 0.29) is 42.7 Å². The first kappa shape index (κ1) is 53.2. The van der Waals surface area contributed by atoms with Crippen molar-refractivity contribution < 1.29 is 38.2 Å². The number of allylic oxidation sites excluding steroid dienone is 16. The van der Waals surface area contributed by atoms with Crippen molar-refractivity contribution >= 4 is 17.9 Å². The second-order valence-electron chi connectivity index (χ2n) is 15.2. The lowest BCUT2D eigenvalue weighted by atomic mass is 10.1. The second-order valence-corrected chi connectivity index (χ2v) is 15.2. The Kier molecular flexibility index (Phi) is 36.5. The summed E-state index contributed by atoms with van der Waals surface area (Å²) >= 11 is 0. The van der Waals surface area contributed by atoms with Crippen molar-refractivity contribution in [2.45, 2.75) is 154 Å². The zero-order valence-electron chi connectivity index (χ0n) is 36.5. The number of carbonyl (C=O) groups excluding carboxylic acids is 2. The molecule has 2 atom stereocenters. The largest absolute Gasteiger partial charge is 0.477 e. The van der Waals surface area contributed by atoms with Crippen LogP contribution >= 0.6 is 0 Å². The Balaban J connectivity index is 4.49. The van der Waals surface area contributed by atoms with Gasteiger partial charge in [-0.2, -0.15) is 0 Å². The van der Waals surface area contributed by atoms with E-state index >= 15 is 0 Å². The molecular formula is C49H80NO7+. The lowest BCUT2D eigenvalue weighted by Crippen LogP contribution is -2.50. The van der Waals surface area contributed by atoms with E-state index in [1.165, 1.54) is 12.8 Å². The molecule has 0 aromatic carbocycles. The van der Waals surface area contributed by atoms with Gasteiger partial charge in [-0.05, 0) is 83.5 Å². The maximum Gasteiger partial charge on any atom is 0.362 e. The van der Waals surface area contributed by atoms with Gasteiger partial charge in [0.25, 0.3) is 0 Å². The van der Waals surface area contributed by atoms with Crippen LogP contribution in [0.15, 0.2) is 97.2 Å². The van der Waals surface area contributed by atoms with Crippen LogP contribution in [0.1, 0.15) is 142 Å². The number of hydrogen-bond donors (Lipinski definition) is 1. The predicted molar refractivity (Wildman–Crippen MR) is 238 cm³/mol. The minimum atomic E-state index is -0.890. The highest BCUT2D eigenvalue weighted by Crippen LogP contribution is 2.12. The summed E-state index contributed by atoms with van der Waals surface area (Å²) in [6, 6.07) is -0.631. The molecule has 0 saturated heterocycles. The Morgan fingerprint density at radius 2 is 0.947 bits per heavy atom. The number of carboxylic acid groups (broad SMARTS) is 1. The molecule has 0 radical (unpaired) electrons. The number of aliphatic carboxylic acids is 1. The van der Waals surface area contributed by atoms with Crippen LogP contribution in [0, 0.1) is 0 Å². The monoisotopic (exact) mass is 795 g/mol. The molecule has 0 aromatic heterocycles. The van der Waals surface area contributed by atoms with Gasteiger partial charge in [-0.25, -0.2) is 4.79 Å². The number of esters is 2. The topological polar surface area (TPSA) is 99.1 Å². The quantitative estimate of drug-likeness (QED) is 0.0289. The highest BCUT2D eigenvalue weighted by atomic mass is 16.6. The number of hydrogen-bond acceptors (Lipinski definition) is 6. The Bertz CT molecular complexity index is 1250. The van der Waals surface area contributed by atoms with Crippen molar-refractivity contribution in [3.63, 3.8) is 0 Å². The van der Waals surface area contributed by atoms with Crippen molar-refractivity contribution in [2.75, 3.05) is 41.0 Å². The van der Waals surface area contributed by atoms with E-state index in [4.69, 9.17) is 14.2 Å². The molecule has 322 valence electrons. The Morgan fingerprint density at radius 3 is 1.42 bits per heavy atom. The van der Waals surface area contributed by atoms with Gasteiger partial charge < -0.3 is 23.8 Å². The highest BCUT2D eigenvalue weighted by Gasteiger charge is 2.31. The van der Waals surface area contributed by atoms with Crippen LogP contribution in [-0.2, 0) is 28.6 Å². The normalized spacial score (nSPS) is 13.9. The second kappa shape index (κ2) is 39.1. The van der Waals surface area contributed by atoms with Crippen LogP contribution in [0.4, 0.5) is 0 Å². The van der Waals surface area contributed by atoms with E-state index < -0.39 is 18.1 Å². The third kappa shape index (κ3) is 37.6. The molecule has 0 heterocycles. The first-order valence-corrected chi connectivity index (χ1v) is 21.8. The number of unbranched alkanes of at least 4 members (excludes halogenated alkanes) is 7. The minimum Gasteiger partial charge on any atom is -0.477 e. The van der Waals surface area contributed by atoms with Crippen LogP contribution in [0.25, 0.3) is 0 Å². The van der Waals surface area contributed by atoms with Gasteiger partial charge in [0, 0.05) is 19.3 Å². The molecule has 57 heavy (non-hydrogen) atoms. The van der Waals surface area contributed by atoms with E-state index in [1.807, 2.05) is 21.1 Å². The fourth-order valence-corrected chi connectivity index (χ4v) is 5.67. The summed E-state index contributed by atoms with van der Waals surface area (Å²) in [4.78, 5) is 37.0. The number of ether oxygens (including phenoxy) is 3. The van der Waals surface area contributed by atoms with Gasteiger partial charge in [-0.15, -0.1) is 0 Å². The predicted octanol–water partition coefficient (Wildman–Crippen LogP) is 11.9. The van der Waals surface area contributed by atoms with Crippen molar-refractivity contribution in [1.29, 1.82) is 0 Å².